The van der Waals surface area contributed by atoms with Crippen molar-refractivity contribution in [2.75, 3.05) is 18.4 Å². The molecule has 0 spiro atoms. The summed E-state index contributed by atoms with van der Waals surface area (Å²) >= 11 is 0. The normalized spacial score (nSPS) is 19.6. The first-order valence-electron chi connectivity index (χ1n) is 9.46. The third-order valence-electron chi connectivity index (χ3n) is 5.30. The fourth-order valence-corrected chi connectivity index (χ4v) is 3.74. The van der Waals surface area contributed by atoms with E-state index in [4.69, 9.17) is 0 Å². The Morgan fingerprint density at radius 3 is 2.44 bits per heavy atom. The van der Waals surface area contributed by atoms with Gasteiger partial charge in [-0.25, -0.2) is 4.39 Å². The number of amides is 2. The van der Waals surface area contributed by atoms with Crippen molar-refractivity contribution in [3.05, 3.63) is 66.0 Å². The third-order valence-corrected chi connectivity index (χ3v) is 5.30. The maximum absolute atomic E-state index is 13.1. The molecule has 0 aliphatic carbocycles. The smallest absolute Gasteiger partial charge is 0.253 e. The number of hydrogen-bond acceptors (Lipinski definition) is 2. The van der Waals surface area contributed by atoms with Crippen LogP contribution >= 0.6 is 0 Å². The van der Waals surface area contributed by atoms with Crippen LogP contribution in [0.25, 0.3) is 0 Å². The van der Waals surface area contributed by atoms with Crippen LogP contribution in [0.4, 0.5) is 10.1 Å². The molecule has 142 valence electrons. The van der Waals surface area contributed by atoms with Crippen molar-refractivity contribution < 1.29 is 14.0 Å². The van der Waals surface area contributed by atoms with Crippen molar-refractivity contribution in [1.82, 2.24) is 4.90 Å². The van der Waals surface area contributed by atoms with Crippen molar-refractivity contribution >= 4 is 17.5 Å². The van der Waals surface area contributed by atoms with Crippen LogP contribution in [0, 0.1) is 17.7 Å². The number of carbonyl (C=O) groups excluding carboxylic acids is 2. The minimum absolute atomic E-state index is 0.0166. The Morgan fingerprint density at radius 1 is 1.07 bits per heavy atom. The van der Waals surface area contributed by atoms with Crippen molar-refractivity contribution in [2.45, 2.75) is 26.2 Å². The molecule has 0 aromatic heterocycles. The van der Waals surface area contributed by atoms with E-state index in [0.717, 1.165) is 18.5 Å². The van der Waals surface area contributed by atoms with Crippen LogP contribution in [-0.4, -0.2) is 29.8 Å². The second-order valence-corrected chi connectivity index (χ2v) is 7.09. The van der Waals surface area contributed by atoms with Crippen LogP contribution < -0.4 is 5.32 Å². The Kier molecular flexibility index (Phi) is 6.22. The monoisotopic (exact) mass is 368 g/mol. The molecule has 2 atom stereocenters. The van der Waals surface area contributed by atoms with E-state index < -0.39 is 0 Å². The van der Waals surface area contributed by atoms with E-state index >= 15 is 0 Å². The topological polar surface area (TPSA) is 49.4 Å². The predicted molar refractivity (Wildman–Crippen MR) is 104 cm³/mol. The highest BCUT2D eigenvalue weighted by Gasteiger charge is 2.32. The van der Waals surface area contributed by atoms with Gasteiger partial charge in [0.15, 0.2) is 0 Å². The number of anilines is 1. The number of carbonyl (C=O) groups is 2. The number of hydrogen-bond donors (Lipinski definition) is 1. The van der Waals surface area contributed by atoms with Crippen molar-refractivity contribution in [3.63, 3.8) is 0 Å². The van der Waals surface area contributed by atoms with Gasteiger partial charge in [-0.2, -0.15) is 0 Å². The fourth-order valence-electron chi connectivity index (χ4n) is 3.74. The van der Waals surface area contributed by atoms with E-state index in [0.29, 0.717) is 25.1 Å². The second kappa shape index (κ2) is 8.80. The van der Waals surface area contributed by atoms with Crippen molar-refractivity contribution in [2.24, 2.45) is 11.8 Å². The summed E-state index contributed by atoms with van der Waals surface area (Å²) in [5.41, 5.74) is 1.31. The van der Waals surface area contributed by atoms with E-state index in [1.165, 1.54) is 24.3 Å². The Labute approximate surface area is 159 Å². The van der Waals surface area contributed by atoms with Gasteiger partial charge >= 0.3 is 0 Å². The first-order chi connectivity index (χ1) is 13.1. The number of nitrogens with zero attached hydrogens (tertiary/aromatic N) is 1. The predicted octanol–water partition coefficient (Wildman–Crippen LogP) is 4.34. The van der Waals surface area contributed by atoms with Gasteiger partial charge in [-0.15, -0.1) is 0 Å². The first kappa shape index (κ1) is 19.1. The number of para-hydroxylation sites is 1. The second-order valence-electron chi connectivity index (χ2n) is 7.09. The molecule has 1 aliphatic heterocycles. The highest BCUT2D eigenvalue weighted by atomic mass is 19.1. The maximum Gasteiger partial charge on any atom is 0.253 e. The molecule has 1 aliphatic rings. The van der Waals surface area contributed by atoms with Gasteiger partial charge < -0.3 is 10.2 Å². The summed E-state index contributed by atoms with van der Waals surface area (Å²) in [6.07, 6.45) is 2.18. The van der Waals surface area contributed by atoms with Crippen molar-refractivity contribution in [3.8, 4) is 0 Å². The average Bonchev–Trinajstić information content (AvgIpc) is 2.69. The molecule has 1 heterocycles. The zero-order chi connectivity index (χ0) is 19.2. The number of benzene rings is 2. The minimum atomic E-state index is -0.346. The Morgan fingerprint density at radius 2 is 1.78 bits per heavy atom. The summed E-state index contributed by atoms with van der Waals surface area (Å²) in [6, 6.07) is 15.1. The van der Waals surface area contributed by atoms with E-state index in [9.17, 15) is 14.0 Å². The summed E-state index contributed by atoms with van der Waals surface area (Å²) < 4.78 is 13.1. The molecule has 0 unspecified atom stereocenters. The summed E-state index contributed by atoms with van der Waals surface area (Å²) in [6.45, 7) is 3.35. The standard InChI is InChI=1S/C22H25FN2O2/c1-2-16-15-25(22(27)17-8-10-19(23)11-9-17)13-12-18(16)14-21(26)24-20-6-4-3-5-7-20/h3-11,16,18H,2,12-15H2,1H3,(H,24,26)/t16-,18+/m1/s1. The minimum Gasteiger partial charge on any atom is -0.338 e. The number of halogens is 1. The van der Waals surface area contributed by atoms with Gasteiger partial charge in [0.2, 0.25) is 5.91 Å². The van der Waals surface area contributed by atoms with E-state index in [1.807, 2.05) is 35.2 Å². The lowest BCUT2D eigenvalue weighted by atomic mass is 9.81. The zero-order valence-corrected chi connectivity index (χ0v) is 15.5. The summed E-state index contributed by atoms with van der Waals surface area (Å²) in [7, 11) is 0. The average molecular weight is 368 g/mol. The van der Waals surface area contributed by atoms with Gasteiger partial charge in [0.1, 0.15) is 5.82 Å². The quantitative estimate of drug-likeness (QED) is 0.853. The Balaban J connectivity index is 1.58. The van der Waals surface area contributed by atoms with Gasteiger partial charge in [0.25, 0.3) is 5.91 Å². The molecular formula is C22H25FN2O2. The van der Waals surface area contributed by atoms with Crippen LogP contribution in [0.15, 0.2) is 54.6 Å². The van der Waals surface area contributed by atoms with Crippen LogP contribution in [0.5, 0.6) is 0 Å². The van der Waals surface area contributed by atoms with Gasteiger partial charge in [-0.1, -0.05) is 31.5 Å². The Bertz CT molecular complexity index is 777. The molecule has 2 amide bonds. The largest absolute Gasteiger partial charge is 0.338 e. The van der Waals surface area contributed by atoms with Gasteiger partial charge in [0, 0.05) is 30.8 Å². The molecule has 1 saturated heterocycles. The van der Waals surface area contributed by atoms with E-state index in [-0.39, 0.29) is 29.5 Å². The van der Waals surface area contributed by atoms with Crippen LogP contribution in [-0.2, 0) is 4.79 Å². The van der Waals surface area contributed by atoms with E-state index in [1.54, 1.807) is 0 Å². The molecule has 5 heteroatoms. The number of nitrogens with one attached hydrogen (secondary N) is 1. The number of likely N-dealkylation sites (tertiary alicyclic amines) is 1. The highest BCUT2D eigenvalue weighted by molar-refractivity contribution is 5.94. The molecule has 2 aromatic carbocycles. The molecule has 0 saturated carbocycles. The van der Waals surface area contributed by atoms with Gasteiger partial charge in [-0.05, 0) is 54.7 Å². The first-order valence-corrected chi connectivity index (χ1v) is 9.46. The molecule has 27 heavy (non-hydrogen) atoms. The van der Waals surface area contributed by atoms with Crippen molar-refractivity contribution in [1.29, 1.82) is 0 Å². The summed E-state index contributed by atoms with van der Waals surface area (Å²) in [5.74, 6) is 0.144. The lowest BCUT2D eigenvalue weighted by Gasteiger charge is -2.38. The van der Waals surface area contributed by atoms with Crippen LogP contribution in [0.1, 0.15) is 36.5 Å². The van der Waals surface area contributed by atoms with Crippen LogP contribution in [0.2, 0.25) is 0 Å². The third kappa shape index (κ3) is 4.94. The lowest BCUT2D eigenvalue weighted by Crippen LogP contribution is -2.44. The molecule has 3 rings (SSSR count). The fraction of sp³-hybridized carbons (Fsp3) is 0.364. The number of piperidine rings is 1. The molecule has 4 nitrogen and oxygen atoms in total. The molecule has 0 bridgehead atoms. The molecular weight excluding hydrogens is 343 g/mol. The van der Waals surface area contributed by atoms with Crippen LogP contribution in [0.3, 0.4) is 0 Å². The molecule has 2 aromatic rings. The highest BCUT2D eigenvalue weighted by Crippen LogP contribution is 2.30. The SMILES string of the molecule is CC[C@@H]1CN(C(=O)c2ccc(F)cc2)CC[C@H]1CC(=O)Nc1ccccc1. The Hall–Kier alpha value is -2.69. The zero-order valence-electron chi connectivity index (χ0n) is 15.5. The molecule has 1 fully saturated rings. The maximum atomic E-state index is 13.1. The lowest BCUT2D eigenvalue weighted by molar-refractivity contribution is -0.117. The summed E-state index contributed by atoms with van der Waals surface area (Å²) in [4.78, 5) is 26.9. The number of rotatable bonds is 5. The van der Waals surface area contributed by atoms with E-state index in [2.05, 4.69) is 12.2 Å². The van der Waals surface area contributed by atoms with Gasteiger partial charge in [0.05, 0.1) is 0 Å². The summed E-state index contributed by atoms with van der Waals surface area (Å²) in [5, 5.41) is 2.94. The molecule has 1 N–H and O–H groups in total. The van der Waals surface area contributed by atoms with Gasteiger partial charge in [-0.3, -0.25) is 9.59 Å². The molecule has 0 radical (unpaired) electrons.